The third-order valence-electron chi connectivity index (χ3n) is 4.82. The first kappa shape index (κ1) is 13.3. The number of rotatable bonds is 0. The Morgan fingerprint density at radius 3 is 2.50 bits per heavy atom. The average molecular weight is 292 g/mol. The molecule has 1 atom stereocenters. The SMILES string of the molecule is CC1=CC[C@H](C)c2c1ccc1c2C(=O)C(=O)c2c(C)coc2-1. The molecule has 0 spiro atoms. The summed E-state index contributed by atoms with van der Waals surface area (Å²) >= 11 is 0. The van der Waals surface area contributed by atoms with E-state index in [1.807, 2.05) is 12.1 Å². The maximum Gasteiger partial charge on any atom is 0.237 e. The van der Waals surface area contributed by atoms with E-state index in [1.54, 1.807) is 13.2 Å². The molecule has 0 fully saturated rings. The maximum absolute atomic E-state index is 12.7. The van der Waals surface area contributed by atoms with Gasteiger partial charge in [-0.15, -0.1) is 0 Å². The lowest BCUT2D eigenvalue weighted by molar-refractivity contribution is 0.0813. The lowest BCUT2D eigenvalue weighted by atomic mass is 9.75. The molecule has 0 radical (unpaired) electrons. The second-order valence-electron chi connectivity index (χ2n) is 6.25. The lowest BCUT2D eigenvalue weighted by Gasteiger charge is -2.27. The summed E-state index contributed by atoms with van der Waals surface area (Å²) < 4.78 is 5.60. The van der Waals surface area contributed by atoms with Gasteiger partial charge in [0.15, 0.2) is 0 Å². The molecule has 3 heteroatoms. The lowest BCUT2D eigenvalue weighted by Crippen LogP contribution is -2.24. The van der Waals surface area contributed by atoms with Crippen molar-refractivity contribution in [2.45, 2.75) is 33.1 Å². The predicted octanol–water partition coefficient (Wildman–Crippen LogP) is 4.54. The van der Waals surface area contributed by atoms with Crippen LogP contribution in [0.4, 0.5) is 0 Å². The van der Waals surface area contributed by atoms with E-state index >= 15 is 0 Å². The summed E-state index contributed by atoms with van der Waals surface area (Å²) in [6.45, 7) is 5.95. The van der Waals surface area contributed by atoms with Crippen LogP contribution in [0.3, 0.4) is 0 Å². The molecule has 1 aromatic heterocycles. The molecule has 110 valence electrons. The zero-order valence-electron chi connectivity index (χ0n) is 12.8. The van der Waals surface area contributed by atoms with Crippen LogP contribution in [-0.2, 0) is 0 Å². The number of allylic oxidation sites excluding steroid dienone is 2. The first-order valence-electron chi connectivity index (χ1n) is 7.52. The van der Waals surface area contributed by atoms with Gasteiger partial charge in [0.05, 0.1) is 11.8 Å². The minimum Gasteiger partial charge on any atom is -0.463 e. The van der Waals surface area contributed by atoms with Gasteiger partial charge in [-0.2, -0.15) is 0 Å². The van der Waals surface area contributed by atoms with Gasteiger partial charge >= 0.3 is 0 Å². The van der Waals surface area contributed by atoms with Crippen LogP contribution in [0.2, 0.25) is 0 Å². The highest BCUT2D eigenvalue weighted by atomic mass is 16.3. The average Bonchev–Trinajstić information content (AvgIpc) is 2.89. The summed E-state index contributed by atoms with van der Waals surface area (Å²) in [4.78, 5) is 25.3. The first-order chi connectivity index (χ1) is 10.5. The molecule has 3 nitrogen and oxygen atoms in total. The van der Waals surface area contributed by atoms with E-state index in [9.17, 15) is 9.59 Å². The summed E-state index contributed by atoms with van der Waals surface area (Å²) in [5.41, 5.74) is 5.69. The smallest absolute Gasteiger partial charge is 0.237 e. The minimum absolute atomic E-state index is 0.225. The largest absolute Gasteiger partial charge is 0.463 e. The number of ketones is 2. The maximum atomic E-state index is 12.7. The van der Waals surface area contributed by atoms with E-state index < -0.39 is 11.6 Å². The van der Waals surface area contributed by atoms with Crippen molar-refractivity contribution >= 4 is 17.1 Å². The van der Waals surface area contributed by atoms with Gasteiger partial charge in [0.25, 0.3) is 0 Å². The number of hydrogen-bond acceptors (Lipinski definition) is 3. The summed E-state index contributed by atoms with van der Waals surface area (Å²) in [6.07, 6.45) is 4.64. The van der Waals surface area contributed by atoms with Crippen molar-refractivity contribution in [2.24, 2.45) is 0 Å². The molecule has 1 heterocycles. The molecule has 0 amide bonds. The molecule has 0 N–H and O–H groups in total. The predicted molar refractivity (Wildman–Crippen MR) is 84.2 cm³/mol. The van der Waals surface area contributed by atoms with Gasteiger partial charge in [0.2, 0.25) is 11.6 Å². The zero-order valence-corrected chi connectivity index (χ0v) is 12.8. The Bertz CT molecular complexity index is 880. The van der Waals surface area contributed by atoms with E-state index in [1.165, 1.54) is 0 Å². The molecular weight excluding hydrogens is 276 g/mol. The normalized spacial score (nSPS) is 19.4. The van der Waals surface area contributed by atoms with Gasteiger partial charge in [-0.05, 0) is 54.5 Å². The summed E-state index contributed by atoms with van der Waals surface area (Å²) in [7, 11) is 0. The molecule has 0 aliphatic heterocycles. The van der Waals surface area contributed by atoms with Crippen LogP contribution in [0.25, 0.3) is 16.9 Å². The molecule has 2 aliphatic carbocycles. The van der Waals surface area contributed by atoms with Gasteiger partial charge in [-0.1, -0.05) is 19.1 Å². The third-order valence-corrected chi connectivity index (χ3v) is 4.82. The Balaban J connectivity index is 2.11. The molecule has 2 aliphatic rings. The first-order valence-corrected chi connectivity index (χ1v) is 7.52. The van der Waals surface area contributed by atoms with Gasteiger partial charge in [-0.25, -0.2) is 0 Å². The number of aryl methyl sites for hydroxylation is 1. The molecule has 1 aromatic carbocycles. The van der Waals surface area contributed by atoms with Gasteiger partial charge in [0.1, 0.15) is 5.76 Å². The van der Waals surface area contributed by atoms with Crippen LogP contribution in [-0.4, -0.2) is 11.6 Å². The number of furan rings is 1. The molecule has 0 bridgehead atoms. The molecule has 4 rings (SSSR count). The van der Waals surface area contributed by atoms with Crippen molar-refractivity contribution in [3.8, 4) is 11.3 Å². The Hall–Kier alpha value is -2.42. The van der Waals surface area contributed by atoms with Crippen LogP contribution >= 0.6 is 0 Å². The fourth-order valence-corrected chi connectivity index (χ4v) is 3.64. The van der Waals surface area contributed by atoms with Crippen LogP contribution in [0.5, 0.6) is 0 Å². The number of benzene rings is 1. The molecule has 0 saturated carbocycles. The van der Waals surface area contributed by atoms with E-state index in [0.29, 0.717) is 16.9 Å². The van der Waals surface area contributed by atoms with Crippen molar-refractivity contribution in [2.75, 3.05) is 0 Å². The molecule has 2 aromatic rings. The second-order valence-corrected chi connectivity index (χ2v) is 6.25. The summed E-state index contributed by atoms with van der Waals surface area (Å²) in [5, 5.41) is 0. The van der Waals surface area contributed by atoms with E-state index in [-0.39, 0.29) is 5.92 Å². The second kappa shape index (κ2) is 4.29. The monoisotopic (exact) mass is 292 g/mol. The fourth-order valence-electron chi connectivity index (χ4n) is 3.64. The van der Waals surface area contributed by atoms with Gasteiger partial charge in [-0.3, -0.25) is 9.59 Å². The van der Waals surface area contributed by atoms with Gasteiger partial charge in [0, 0.05) is 11.1 Å². The van der Waals surface area contributed by atoms with Crippen molar-refractivity contribution in [1.29, 1.82) is 0 Å². The number of carbonyl (C=O) groups is 2. The van der Waals surface area contributed by atoms with Crippen LogP contribution in [0.1, 0.15) is 63.6 Å². The number of Topliss-reactive ketones (excluding diaryl/α,β-unsaturated/α-hetero) is 2. The van der Waals surface area contributed by atoms with Crippen LogP contribution in [0, 0.1) is 6.92 Å². The number of fused-ring (bicyclic) bond motifs is 5. The van der Waals surface area contributed by atoms with Crippen molar-refractivity contribution in [3.05, 3.63) is 52.3 Å². The molecular formula is C19H16O3. The van der Waals surface area contributed by atoms with Crippen molar-refractivity contribution in [3.63, 3.8) is 0 Å². The topological polar surface area (TPSA) is 47.3 Å². The fraction of sp³-hybridized carbons (Fsp3) is 0.263. The van der Waals surface area contributed by atoms with E-state index in [0.717, 1.165) is 34.2 Å². The Labute approximate surface area is 128 Å². The van der Waals surface area contributed by atoms with Crippen LogP contribution < -0.4 is 0 Å². The van der Waals surface area contributed by atoms with Gasteiger partial charge < -0.3 is 4.42 Å². The Morgan fingerprint density at radius 2 is 1.73 bits per heavy atom. The standard InChI is InChI=1S/C19H16O3/c1-9-4-5-10(2)14-12(9)6-7-13-16(14)18(21)17(20)15-11(3)8-22-19(13)15/h4,6-8,10H,5H2,1-3H3/t10-/m0/s1. The van der Waals surface area contributed by atoms with E-state index in [2.05, 4.69) is 19.9 Å². The molecule has 0 unspecified atom stereocenters. The van der Waals surface area contributed by atoms with Crippen molar-refractivity contribution in [1.82, 2.24) is 0 Å². The zero-order chi connectivity index (χ0) is 15.6. The highest BCUT2D eigenvalue weighted by Gasteiger charge is 2.38. The van der Waals surface area contributed by atoms with Crippen molar-refractivity contribution < 1.29 is 14.0 Å². The minimum atomic E-state index is -0.443. The number of hydrogen-bond donors (Lipinski definition) is 0. The summed E-state index contributed by atoms with van der Waals surface area (Å²) in [6, 6.07) is 3.95. The third kappa shape index (κ3) is 1.51. The summed E-state index contributed by atoms with van der Waals surface area (Å²) in [5.74, 6) is -0.0747. The van der Waals surface area contributed by atoms with E-state index in [4.69, 9.17) is 4.42 Å². The highest BCUT2D eigenvalue weighted by Crippen LogP contribution is 2.44. The Kier molecular flexibility index (Phi) is 2.59. The number of carbonyl (C=O) groups excluding carboxylic acids is 2. The Morgan fingerprint density at radius 1 is 1.05 bits per heavy atom. The molecule has 0 saturated heterocycles. The quantitative estimate of drug-likeness (QED) is 0.669. The van der Waals surface area contributed by atoms with Crippen LogP contribution in [0.15, 0.2) is 28.9 Å². The molecule has 22 heavy (non-hydrogen) atoms. The highest BCUT2D eigenvalue weighted by molar-refractivity contribution is 6.53.